The van der Waals surface area contributed by atoms with Gasteiger partial charge >= 0.3 is 0 Å². The van der Waals surface area contributed by atoms with Gasteiger partial charge in [0.1, 0.15) is 17.9 Å². The number of aromatic nitrogens is 2. The molecule has 0 atom stereocenters. The van der Waals surface area contributed by atoms with E-state index in [1.54, 1.807) is 41.2 Å². The van der Waals surface area contributed by atoms with Crippen LogP contribution in [0.2, 0.25) is 0 Å². The van der Waals surface area contributed by atoms with Crippen LogP contribution in [-0.4, -0.2) is 28.6 Å². The van der Waals surface area contributed by atoms with E-state index in [1.165, 1.54) is 5.56 Å². The number of nitrogens with one attached hydrogen (secondary N) is 1. The molecule has 0 aliphatic carbocycles. The Morgan fingerprint density at radius 2 is 2.00 bits per heavy atom. The van der Waals surface area contributed by atoms with E-state index in [4.69, 9.17) is 4.74 Å². The quantitative estimate of drug-likeness (QED) is 0.665. The third kappa shape index (κ3) is 4.57. The van der Waals surface area contributed by atoms with Crippen LogP contribution in [-0.2, 0) is 11.3 Å². The maximum Gasteiger partial charge on any atom is 0.263 e. The molecule has 0 aliphatic heterocycles. The topological polar surface area (TPSA) is 73.2 Å². The molecule has 0 fully saturated rings. The monoisotopic (exact) mass is 349 g/mol. The smallest absolute Gasteiger partial charge is 0.263 e. The van der Waals surface area contributed by atoms with Crippen molar-refractivity contribution in [2.45, 2.75) is 13.5 Å². The summed E-state index contributed by atoms with van der Waals surface area (Å²) in [6, 6.07) is 16.5. The molecule has 3 aromatic rings. The van der Waals surface area contributed by atoms with Crippen LogP contribution in [0, 0.1) is 6.92 Å². The first-order chi connectivity index (χ1) is 12.6. The summed E-state index contributed by atoms with van der Waals surface area (Å²) >= 11 is 0. The van der Waals surface area contributed by atoms with Gasteiger partial charge in [-0.1, -0.05) is 29.8 Å². The van der Waals surface area contributed by atoms with E-state index in [2.05, 4.69) is 16.5 Å². The van der Waals surface area contributed by atoms with Gasteiger partial charge in [-0.05, 0) is 36.8 Å². The van der Waals surface area contributed by atoms with Crippen molar-refractivity contribution in [1.82, 2.24) is 9.78 Å². The minimum atomic E-state index is -0.282. The highest BCUT2D eigenvalue weighted by Crippen LogP contribution is 2.13. The van der Waals surface area contributed by atoms with E-state index < -0.39 is 0 Å². The minimum Gasteiger partial charge on any atom is -0.484 e. The van der Waals surface area contributed by atoms with E-state index in [0.29, 0.717) is 23.7 Å². The number of carbonyl (C=O) groups is 2. The SMILES string of the molecule is Cc1cccc(Cn2nccc2NC(=O)COc2ccc(C=O)cc2)c1. The van der Waals surface area contributed by atoms with Gasteiger partial charge in [-0.3, -0.25) is 9.59 Å². The number of amides is 1. The third-order valence-electron chi connectivity index (χ3n) is 3.78. The van der Waals surface area contributed by atoms with Crippen molar-refractivity contribution in [1.29, 1.82) is 0 Å². The van der Waals surface area contributed by atoms with E-state index in [-0.39, 0.29) is 12.5 Å². The fourth-order valence-corrected chi connectivity index (χ4v) is 2.52. The van der Waals surface area contributed by atoms with Crippen molar-refractivity contribution in [3.63, 3.8) is 0 Å². The summed E-state index contributed by atoms with van der Waals surface area (Å²) in [7, 11) is 0. The second-order valence-electron chi connectivity index (χ2n) is 5.89. The molecule has 1 aromatic heterocycles. The summed E-state index contributed by atoms with van der Waals surface area (Å²) in [5.74, 6) is 0.853. The molecule has 0 bridgehead atoms. The molecule has 6 nitrogen and oxygen atoms in total. The second-order valence-corrected chi connectivity index (χ2v) is 5.89. The Bertz CT molecular complexity index is 901. The Morgan fingerprint density at radius 1 is 1.19 bits per heavy atom. The fraction of sp³-hybridized carbons (Fsp3) is 0.150. The molecule has 0 aliphatic rings. The van der Waals surface area contributed by atoms with Crippen molar-refractivity contribution >= 4 is 18.0 Å². The Kier molecular flexibility index (Phi) is 5.43. The summed E-state index contributed by atoms with van der Waals surface area (Å²) in [6.07, 6.45) is 2.40. The Balaban J connectivity index is 1.57. The highest BCUT2D eigenvalue weighted by Gasteiger charge is 2.09. The van der Waals surface area contributed by atoms with E-state index >= 15 is 0 Å². The predicted octanol–water partition coefficient (Wildman–Crippen LogP) is 3.07. The van der Waals surface area contributed by atoms with Gasteiger partial charge in [-0.25, -0.2) is 4.68 Å². The lowest BCUT2D eigenvalue weighted by molar-refractivity contribution is -0.118. The summed E-state index contributed by atoms with van der Waals surface area (Å²) in [5.41, 5.74) is 2.84. The first-order valence-corrected chi connectivity index (χ1v) is 8.19. The molecule has 6 heteroatoms. The number of nitrogens with zero attached hydrogens (tertiary/aromatic N) is 2. The number of ether oxygens (including phenoxy) is 1. The van der Waals surface area contributed by atoms with Gasteiger partial charge in [0.25, 0.3) is 5.91 Å². The van der Waals surface area contributed by atoms with Crippen LogP contribution < -0.4 is 10.1 Å². The average Bonchev–Trinajstić information content (AvgIpc) is 3.07. The third-order valence-corrected chi connectivity index (χ3v) is 3.78. The lowest BCUT2D eigenvalue weighted by Crippen LogP contribution is -2.22. The highest BCUT2D eigenvalue weighted by molar-refractivity contribution is 5.91. The zero-order valence-electron chi connectivity index (χ0n) is 14.4. The van der Waals surface area contributed by atoms with Crippen LogP contribution in [0.25, 0.3) is 0 Å². The summed E-state index contributed by atoms with van der Waals surface area (Å²) in [5, 5.41) is 7.06. The molecule has 1 amide bonds. The number of benzene rings is 2. The Morgan fingerprint density at radius 3 is 2.73 bits per heavy atom. The highest BCUT2D eigenvalue weighted by atomic mass is 16.5. The van der Waals surface area contributed by atoms with Crippen LogP contribution in [0.15, 0.2) is 60.8 Å². The molecule has 0 spiro atoms. The van der Waals surface area contributed by atoms with E-state index in [1.807, 2.05) is 25.1 Å². The molecule has 2 aromatic carbocycles. The van der Waals surface area contributed by atoms with Crippen LogP contribution in [0.5, 0.6) is 5.75 Å². The number of aryl methyl sites for hydroxylation is 1. The van der Waals surface area contributed by atoms with Gasteiger partial charge in [0.15, 0.2) is 6.61 Å². The van der Waals surface area contributed by atoms with Crippen LogP contribution in [0.1, 0.15) is 21.5 Å². The van der Waals surface area contributed by atoms with E-state index in [0.717, 1.165) is 11.8 Å². The van der Waals surface area contributed by atoms with Gasteiger partial charge in [-0.15, -0.1) is 0 Å². The fourth-order valence-electron chi connectivity index (χ4n) is 2.52. The Hall–Kier alpha value is -3.41. The first kappa shape index (κ1) is 17.4. The van der Waals surface area contributed by atoms with Crippen LogP contribution in [0.4, 0.5) is 5.82 Å². The molecule has 0 radical (unpaired) electrons. The van der Waals surface area contributed by atoms with Gasteiger partial charge in [-0.2, -0.15) is 5.10 Å². The normalized spacial score (nSPS) is 10.3. The van der Waals surface area contributed by atoms with Gasteiger partial charge in [0.05, 0.1) is 12.7 Å². The summed E-state index contributed by atoms with van der Waals surface area (Å²) in [4.78, 5) is 22.8. The van der Waals surface area contributed by atoms with Crippen molar-refractivity contribution in [2.24, 2.45) is 0 Å². The molecule has 1 heterocycles. The number of carbonyl (C=O) groups excluding carboxylic acids is 2. The zero-order valence-corrected chi connectivity index (χ0v) is 14.4. The summed E-state index contributed by atoms with van der Waals surface area (Å²) < 4.78 is 7.16. The standard InChI is InChI=1S/C20H19N3O3/c1-15-3-2-4-17(11-15)12-23-19(9-10-21-23)22-20(25)14-26-18-7-5-16(13-24)6-8-18/h2-11,13H,12,14H2,1H3,(H,22,25). The van der Waals surface area contributed by atoms with Crippen molar-refractivity contribution in [3.8, 4) is 5.75 Å². The summed E-state index contributed by atoms with van der Waals surface area (Å²) in [6.45, 7) is 2.47. The molecule has 26 heavy (non-hydrogen) atoms. The Labute approximate surface area is 151 Å². The van der Waals surface area contributed by atoms with Gasteiger partial charge < -0.3 is 10.1 Å². The largest absolute Gasteiger partial charge is 0.484 e. The molecule has 3 rings (SSSR count). The number of rotatable bonds is 7. The maximum atomic E-state index is 12.1. The zero-order chi connectivity index (χ0) is 18.4. The lowest BCUT2D eigenvalue weighted by Gasteiger charge is -2.10. The molecule has 0 unspecified atom stereocenters. The number of aldehydes is 1. The van der Waals surface area contributed by atoms with Gasteiger partial charge in [0.2, 0.25) is 0 Å². The van der Waals surface area contributed by atoms with Crippen LogP contribution in [0.3, 0.4) is 0 Å². The van der Waals surface area contributed by atoms with Crippen LogP contribution >= 0.6 is 0 Å². The molecule has 132 valence electrons. The molecule has 0 saturated carbocycles. The van der Waals surface area contributed by atoms with Gasteiger partial charge in [0, 0.05) is 11.6 Å². The molecule has 0 saturated heterocycles. The number of hydrogen-bond donors (Lipinski definition) is 1. The molecular weight excluding hydrogens is 330 g/mol. The van der Waals surface area contributed by atoms with Crippen molar-refractivity contribution < 1.29 is 14.3 Å². The number of anilines is 1. The molecule has 1 N–H and O–H groups in total. The molecular formula is C20H19N3O3. The number of hydrogen-bond acceptors (Lipinski definition) is 4. The first-order valence-electron chi connectivity index (χ1n) is 8.19. The van der Waals surface area contributed by atoms with Crippen molar-refractivity contribution in [2.75, 3.05) is 11.9 Å². The predicted molar refractivity (Wildman–Crippen MR) is 98.5 cm³/mol. The minimum absolute atomic E-state index is 0.129. The lowest BCUT2D eigenvalue weighted by atomic mass is 10.1. The average molecular weight is 349 g/mol. The maximum absolute atomic E-state index is 12.1. The van der Waals surface area contributed by atoms with Crippen molar-refractivity contribution in [3.05, 3.63) is 77.5 Å². The van der Waals surface area contributed by atoms with E-state index in [9.17, 15) is 9.59 Å². The second kappa shape index (κ2) is 8.11.